The van der Waals surface area contributed by atoms with Crippen LogP contribution in [0, 0.1) is 13.8 Å². The Labute approximate surface area is 113 Å². The zero-order valence-electron chi connectivity index (χ0n) is 11.5. The second-order valence-corrected chi connectivity index (χ2v) is 4.84. The van der Waals surface area contributed by atoms with Gasteiger partial charge in [-0.1, -0.05) is 28.9 Å². The maximum absolute atomic E-state index is 12.2. The van der Waals surface area contributed by atoms with E-state index in [0.29, 0.717) is 18.7 Å². The minimum atomic E-state index is 0.0742. The molecule has 0 saturated heterocycles. The molecule has 1 aromatic heterocycles. The van der Waals surface area contributed by atoms with Crippen molar-refractivity contribution >= 4 is 5.91 Å². The van der Waals surface area contributed by atoms with E-state index in [1.165, 1.54) is 5.56 Å². The zero-order valence-corrected chi connectivity index (χ0v) is 11.5. The van der Waals surface area contributed by atoms with Gasteiger partial charge in [-0.3, -0.25) is 4.79 Å². The Hall–Kier alpha value is -2.10. The molecule has 0 aliphatic carbocycles. The summed E-state index contributed by atoms with van der Waals surface area (Å²) in [6, 6.07) is 7.94. The van der Waals surface area contributed by atoms with Crippen LogP contribution >= 0.6 is 0 Å². The first-order valence-corrected chi connectivity index (χ1v) is 6.26. The topological polar surface area (TPSA) is 46.3 Å². The number of aromatic nitrogens is 1. The molecule has 0 bridgehead atoms. The van der Waals surface area contributed by atoms with E-state index in [1.54, 1.807) is 24.2 Å². The highest BCUT2D eigenvalue weighted by molar-refractivity contribution is 5.78. The van der Waals surface area contributed by atoms with E-state index in [2.05, 4.69) is 17.3 Å². The van der Waals surface area contributed by atoms with E-state index < -0.39 is 0 Å². The van der Waals surface area contributed by atoms with Gasteiger partial charge in [0.05, 0.1) is 19.2 Å². The lowest BCUT2D eigenvalue weighted by Crippen LogP contribution is -2.27. The molecule has 1 heterocycles. The van der Waals surface area contributed by atoms with Crippen molar-refractivity contribution in [3.05, 3.63) is 52.9 Å². The molecule has 0 aliphatic heterocycles. The van der Waals surface area contributed by atoms with E-state index in [0.717, 1.165) is 11.1 Å². The second kappa shape index (κ2) is 5.69. The number of carbonyl (C=O) groups is 1. The quantitative estimate of drug-likeness (QED) is 0.846. The molecule has 0 atom stereocenters. The van der Waals surface area contributed by atoms with Gasteiger partial charge in [-0.15, -0.1) is 0 Å². The standard InChI is InChI=1S/C15H18N2O2/c1-11-4-5-12(2)13(8-11)9-15(18)17(3)10-14-6-7-16-19-14/h4-8H,9-10H2,1-3H3. The number of carbonyl (C=O) groups excluding carboxylic acids is 1. The van der Waals surface area contributed by atoms with Crippen molar-refractivity contribution in [1.82, 2.24) is 10.1 Å². The van der Waals surface area contributed by atoms with Crippen molar-refractivity contribution < 1.29 is 9.32 Å². The minimum Gasteiger partial charge on any atom is -0.360 e. The molecule has 100 valence electrons. The number of hydrogen-bond donors (Lipinski definition) is 0. The van der Waals surface area contributed by atoms with E-state index in [-0.39, 0.29) is 5.91 Å². The van der Waals surface area contributed by atoms with Crippen LogP contribution in [-0.4, -0.2) is 23.0 Å². The molecule has 4 nitrogen and oxygen atoms in total. The molecule has 2 rings (SSSR count). The molecule has 0 N–H and O–H groups in total. The van der Waals surface area contributed by atoms with E-state index in [4.69, 9.17) is 4.52 Å². The van der Waals surface area contributed by atoms with Gasteiger partial charge < -0.3 is 9.42 Å². The van der Waals surface area contributed by atoms with Gasteiger partial charge in [-0.05, 0) is 25.0 Å². The van der Waals surface area contributed by atoms with Crippen LogP contribution in [0.25, 0.3) is 0 Å². The van der Waals surface area contributed by atoms with Crippen molar-refractivity contribution in [2.75, 3.05) is 7.05 Å². The number of likely N-dealkylation sites (N-methyl/N-ethyl adjacent to an activating group) is 1. The van der Waals surface area contributed by atoms with Gasteiger partial charge in [0.15, 0.2) is 5.76 Å². The molecule has 0 fully saturated rings. The summed E-state index contributed by atoms with van der Waals surface area (Å²) in [5.41, 5.74) is 3.40. The lowest BCUT2D eigenvalue weighted by molar-refractivity contribution is -0.129. The van der Waals surface area contributed by atoms with Gasteiger partial charge in [-0.25, -0.2) is 0 Å². The predicted molar refractivity (Wildman–Crippen MR) is 72.6 cm³/mol. The van der Waals surface area contributed by atoms with Crippen LogP contribution in [0.2, 0.25) is 0 Å². The maximum Gasteiger partial charge on any atom is 0.227 e. The number of hydrogen-bond acceptors (Lipinski definition) is 3. The number of amides is 1. The Morgan fingerprint density at radius 2 is 2.11 bits per heavy atom. The summed E-state index contributed by atoms with van der Waals surface area (Å²) in [6.45, 7) is 4.51. The van der Waals surface area contributed by atoms with Crippen LogP contribution in [0.15, 0.2) is 35.0 Å². The fourth-order valence-electron chi connectivity index (χ4n) is 1.93. The Morgan fingerprint density at radius 1 is 1.32 bits per heavy atom. The van der Waals surface area contributed by atoms with Crippen molar-refractivity contribution in [2.24, 2.45) is 0 Å². The third kappa shape index (κ3) is 3.44. The van der Waals surface area contributed by atoms with Crippen LogP contribution in [0.1, 0.15) is 22.5 Å². The number of benzene rings is 1. The van der Waals surface area contributed by atoms with Gasteiger partial charge in [0.2, 0.25) is 5.91 Å². The molecule has 4 heteroatoms. The summed E-state index contributed by atoms with van der Waals surface area (Å²) >= 11 is 0. The SMILES string of the molecule is Cc1ccc(C)c(CC(=O)N(C)Cc2ccno2)c1. The van der Waals surface area contributed by atoms with Gasteiger partial charge in [0.25, 0.3) is 0 Å². The predicted octanol–water partition coefficient (Wildman–Crippen LogP) is 2.49. The first-order valence-electron chi connectivity index (χ1n) is 6.26. The van der Waals surface area contributed by atoms with Gasteiger partial charge in [-0.2, -0.15) is 0 Å². The molecular formula is C15H18N2O2. The largest absolute Gasteiger partial charge is 0.360 e. The Kier molecular flexibility index (Phi) is 4.00. The fourth-order valence-corrected chi connectivity index (χ4v) is 1.93. The van der Waals surface area contributed by atoms with Crippen LogP contribution in [0.3, 0.4) is 0 Å². The van der Waals surface area contributed by atoms with E-state index in [1.807, 2.05) is 19.9 Å². The highest BCUT2D eigenvalue weighted by Gasteiger charge is 2.13. The van der Waals surface area contributed by atoms with E-state index >= 15 is 0 Å². The van der Waals surface area contributed by atoms with Crippen LogP contribution in [-0.2, 0) is 17.8 Å². The van der Waals surface area contributed by atoms with Gasteiger partial charge in [0, 0.05) is 13.1 Å². The average Bonchev–Trinajstić information content (AvgIpc) is 2.86. The summed E-state index contributed by atoms with van der Waals surface area (Å²) in [6.07, 6.45) is 2.00. The molecule has 1 amide bonds. The molecule has 0 spiro atoms. The minimum absolute atomic E-state index is 0.0742. The zero-order chi connectivity index (χ0) is 13.8. The molecule has 0 unspecified atom stereocenters. The lowest BCUT2D eigenvalue weighted by atomic mass is 10.0. The van der Waals surface area contributed by atoms with E-state index in [9.17, 15) is 4.79 Å². The smallest absolute Gasteiger partial charge is 0.227 e. The van der Waals surface area contributed by atoms with Crippen molar-refractivity contribution in [1.29, 1.82) is 0 Å². The molecule has 2 aromatic rings. The Morgan fingerprint density at radius 3 is 2.79 bits per heavy atom. The van der Waals surface area contributed by atoms with Gasteiger partial charge in [0.1, 0.15) is 0 Å². The Bertz CT molecular complexity index is 562. The third-order valence-corrected chi connectivity index (χ3v) is 3.16. The molecule has 19 heavy (non-hydrogen) atoms. The normalized spacial score (nSPS) is 10.5. The molecular weight excluding hydrogens is 240 g/mol. The number of aryl methyl sites for hydroxylation is 2. The Balaban J connectivity index is 2.02. The molecule has 0 radical (unpaired) electrons. The second-order valence-electron chi connectivity index (χ2n) is 4.84. The fraction of sp³-hybridized carbons (Fsp3) is 0.333. The molecule has 0 aliphatic rings. The van der Waals surface area contributed by atoms with Crippen molar-refractivity contribution in [3.8, 4) is 0 Å². The third-order valence-electron chi connectivity index (χ3n) is 3.16. The highest BCUT2D eigenvalue weighted by Crippen LogP contribution is 2.13. The van der Waals surface area contributed by atoms with Crippen molar-refractivity contribution in [2.45, 2.75) is 26.8 Å². The van der Waals surface area contributed by atoms with Crippen molar-refractivity contribution in [3.63, 3.8) is 0 Å². The summed E-state index contributed by atoms with van der Waals surface area (Å²) in [4.78, 5) is 13.8. The first-order chi connectivity index (χ1) is 9.06. The maximum atomic E-state index is 12.2. The van der Waals surface area contributed by atoms with Crippen LogP contribution in [0.5, 0.6) is 0 Å². The number of rotatable bonds is 4. The summed E-state index contributed by atoms with van der Waals surface area (Å²) < 4.78 is 5.00. The van der Waals surface area contributed by atoms with Gasteiger partial charge >= 0.3 is 0 Å². The molecule has 1 aromatic carbocycles. The molecule has 0 saturated carbocycles. The summed E-state index contributed by atoms with van der Waals surface area (Å²) in [7, 11) is 1.77. The van der Waals surface area contributed by atoms with Crippen LogP contribution in [0.4, 0.5) is 0 Å². The first kappa shape index (κ1) is 13.3. The van der Waals surface area contributed by atoms with Crippen LogP contribution < -0.4 is 0 Å². The lowest BCUT2D eigenvalue weighted by Gasteiger charge is -2.16. The monoisotopic (exact) mass is 258 g/mol. The average molecular weight is 258 g/mol. The summed E-state index contributed by atoms with van der Waals surface area (Å²) in [5, 5.41) is 3.63. The highest BCUT2D eigenvalue weighted by atomic mass is 16.5. The summed E-state index contributed by atoms with van der Waals surface area (Å²) in [5.74, 6) is 0.766. The number of nitrogens with zero attached hydrogens (tertiary/aromatic N) is 2.